The van der Waals surface area contributed by atoms with E-state index >= 15 is 0 Å². The van der Waals surface area contributed by atoms with E-state index in [2.05, 4.69) is 21.0 Å². The number of hydrogen-bond acceptors (Lipinski definition) is 4. The minimum Gasteiger partial charge on any atom is -0.436 e. The van der Waals surface area contributed by atoms with Crippen LogP contribution in [0.5, 0.6) is 0 Å². The van der Waals surface area contributed by atoms with E-state index in [4.69, 9.17) is 6.42 Å². The second-order valence-electron chi connectivity index (χ2n) is 4.39. The Morgan fingerprint density at radius 2 is 2.04 bits per heavy atom. The van der Waals surface area contributed by atoms with Crippen LogP contribution in [0.25, 0.3) is 0 Å². The zero-order valence-electron chi connectivity index (χ0n) is 12.1. The van der Waals surface area contributed by atoms with E-state index in [1.165, 1.54) is 0 Å². The van der Waals surface area contributed by atoms with Crippen molar-refractivity contribution in [1.29, 1.82) is 0 Å². The zero-order chi connectivity index (χ0) is 17.6. The van der Waals surface area contributed by atoms with Gasteiger partial charge in [0.05, 0.1) is 17.4 Å². The van der Waals surface area contributed by atoms with E-state index in [-0.39, 0.29) is 17.3 Å². The summed E-state index contributed by atoms with van der Waals surface area (Å²) in [5.74, 6) is 2.07. The molecular weight excluding hydrogens is 341 g/mol. The number of pyridine rings is 1. The number of carbonyl (C=O) groups is 1. The molecule has 8 heteroatoms. The number of amides is 1. The molecule has 1 aromatic carbocycles. The normalized spacial score (nSPS) is 10.8. The Bertz CT molecular complexity index is 758. The molecule has 0 aliphatic carbocycles. The third kappa shape index (κ3) is 4.93. The highest BCUT2D eigenvalue weighted by Gasteiger charge is 2.35. The van der Waals surface area contributed by atoms with Crippen molar-refractivity contribution in [3.8, 4) is 12.3 Å². The van der Waals surface area contributed by atoms with Gasteiger partial charge in [-0.3, -0.25) is 5.32 Å². The molecule has 2 rings (SSSR count). The Balaban J connectivity index is 2.26. The molecule has 0 spiro atoms. The molecule has 0 unspecified atom stereocenters. The molecule has 0 atom stereocenters. The molecular formula is C16H11F3N2O2S. The number of anilines is 1. The zero-order valence-corrected chi connectivity index (χ0v) is 12.9. The summed E-state index contributed by atoms with van der Waals surface area (Å²) in [7, 11) is 0. The first-order valence-corrected chi connectivity index (χ1v) is 7.39. The van der Waals surface area contributed by atoms with Crippen LogP contribution in [0.4, 0.5) is 23.7 Å². The Morgan fingerprint density at radius 3 is 2.67 bits per heavy atom. The van der Waals surface area contributed by atoms with Crippen molar-refractivity contribution >= 4 is 23.5 Å². The van der Waals surface area contributed by atoms with Crippen molar-refractivity contribution in [2.24, 2.45) is 0 Å². The SMILES string of the molecule is C#CCOC(=O)Nc1cnc(Sc2ccccc2)c(C(F)(F)F)c1. The highest BCUT2D eigenvalue weighted by atomic mass is 32.2. The fraction of sp³-hybridized carbons (Fsp3) is 0.125. The van der Waals surface area contributed by atoms with Crippen molar-refractivity contribution in [3.63, 3.8) is 0 Å². The van der Waals surface area contributed by atoms with Gasteiger partial charge >= 0.3 is 12.3 Å². The number of nitrogens with zero attached hydrogens (tertiary/aromatic N) is 1. The quantitative estimate of drug-likeness (QED) is 0.827. The summed E-state index contributed by atoms with van der Waals surface area (Å²) in [6.45, 7) is -0.284. The summed E-state index contributed by atoms with van der Waals surface area (Å²) < 4.78 is 44.3. The summed E-state index contributed by atoms with van der Waals surface area (Å²) in [6.07, 6.45) is 0.475. The van der Waals surface area contributed by atoms with Gasteiger partial charge in [0, 0.05) is 4.90 Å². The largest absolute Gasteiger partial charge is 0.436 e. The lowest BCUT2D eigenvalue weighted by Crippen LogP contribution is -2.15. The van der Waals surface area contributed by atoms with Crippen molar-refractivity contribution < 1.29 is 22.7 Å². The summed E-state index contributed by atoms with van der Waals surface area (Å²) in [6, 6.07) is 9.35. The van der Waals surface area contributed by atoms with E-state index < -0.39 is 17.8 Å². The average molecular weight is 352 g/mol. The Kier molecular flexibility index (Phi) is 5.71. The number of ether oxygens (including phenoxy) is 1. The molecule has 0 saturated carbocycles. The first-order chi connectivity index (χ1) is 11.4. The number of rotatable bonds is 4. The number of hydrogen-bond donors (Lipinski definition) is 1. The summed E-state index contributed by atoms with van der Waals surface area (Å²) in [5.41, 5.74) is -1.09. The number of aromatic nitrogens is 1. The molecule has 2 aromatic rings. The molecule has 24 heavy (non-hydrogen) atoms. The topological polar surface area (TPSA) is 51.2 Å². The van der Waals surface area contributed by atoms with E-state index in [1.54, 1.807) is 30.3 Å². The van der Waals surface area contributed by atoms with Gasteiger partial charge in [-0.2, -0.15) is 13.2 Å². The lowest BCUT2D eigenvalue weighted by Gasteiger charge is -2.13. The molecule has 0 aliphatic heterocycles. The fourth-order valence-corrected chi connectivity index (χ4v) is 2.57. The van der Waals surface area contributed by atoms with Crippen LogP contribution in [-0.2, 0) is 10.9 Å². The van der Waals surface area contributed by atoms with Gasteiger partial charge in [0.1, 0.15) is 5.03 Å². The second kappa shape index (κ2) is 7.75. The van der Waals surface area contributed by atoms with Crippen LogP contribution in [-0.4, -0.2) is 17.7 Å². The van der Waals surface area contributed by atoms with Gasteiger partial charge < -0.3 is 4.74 Å². The van der Waals surface area contributed by atoms with Crippen molar-refractivity contribution in [1.82, 2.24) is 4.98 Å². The number of nitrogens with one attached hydrogen (secondary N) is 1. The van der Waals surface area contributed by atoms with Gasteiger partial charge in [-0.1, -0.05) is 35.9 Å². The Morgan fingerprint density at radius 1 is 1.33 bits per heavy atom. The maximum atomic E-state index is 13.2. The molecule has 1 heterocycles. The van der Waals surface area contributed by atoms with Gasteiger partial charge in [-0.05, 0) is 18.2 Å². The van der Waals surface area contributed by atoms with Gasteiger partial charge in [-0.25, -0.2) is 9.78 Å². The molecule has 0 bridgehead atoms. The maximum Gasteiger partial charge on any atom is 0.419 e. The molecule has 4 nitrogen and oxygen atoms in total. The van der Waals surface area contributed by atoms with Crippen LogP contribution in [0, 0.1) is 12.3 Å². The van der Waals surface area contributed by atoms with Gasteiger partial charge in [-0.15, -0.1) is 6.42 Å². The first kappa shape index (κ1) is 17.7. The molecule has 1 N–H and O–H groups in total. The number of benzene rings is 1. The van der Waals surface area contributed by atoms with E-state index in [0.717, 1.165) is 24.0 Å². The van der Waals surface area contributed by atoms with Crippen LogP contribution in [0.2, 0.25) is 0 Å². The monoisotopic (exact) mass is 352 g/mol. The molecule has 0 radical (unpaired) electrons. The fourth-order valence-electron chi connectivity index (χ4n) is 1.67. The van der Waals surface area contributed by atoms with Crippen LogP contribution in [0.3, 0.4) is 0 Å². The molecule has 124 valence electrons. The third-order valence-corrected chi connectivity index (χ3v) is 3.67. The van der Waals surface area contributed by atoms with Crippen molar-refractivity contribution in [3.05, 3.63) is 48.2 Å². The van der Waals surface area contributed by atoms with Gasteiger partial charge in [0.25, 0.3) is 0 Å². The number of carbonyl (C=O) groups excluding carboxylic acids is 1. The number of alkyl halides is 3. The molecule has 0 fully saturated rings. The standard InChI is InChI=1S/C16H11F3N2O2S/c1-2-8-23-15(22)21-11-9-13(16(17,18)19)14(20-10-11)24-12-6-4-3-5-7-12/h1,3-7,9-10H,8H2,(H,21,22). The molecule has 0 aliphatic rings. The Labute approximate surface area is 140 Å². The highest BCUT2D eigenvalue weighted by Crippen LogP contribution is 2.39. The smallest absolute Gasteiger partial charge is 0.419 e. The van der Waals surface area contributed by atoms with E-state index in [9.17, 15) is 18.0 Å². The van der Waals surface area contributed by atoms with Crippen LogP contribution in [0.1, 0.15) is 5.56 Å². The summed E-state index contributed by atoms with van der Waals surface area (Å²) in [4.78, 5) is 15.8. The lowest BCUT2D eigenvalue weighted by molar-refractivity contribution is -0.140. The summed E-state index contributed by atoms with van der Waals surface area (Å²) in [5, 5.41) is 1.94. The van der Waals surface area contributed by atoms with Crippen molar-refractivity contribution in [2.75, 3.05) is 11.9 Å². The van der Waals surface area contributed by atoms with Gasteiger partial charge in [0.2, 0.25) is 0 Å². The number of halogens is 3. The minimum absolute atomic E-state index is 0.137. The lowest BCUT2D eigenvalue weighted by atomic mass is 10.2. The maximum absolute atomic E-state index is 13.2. The third-order valence-electron chi connectivity index (χ3n) is 2.65. The van der Waals surface area contributed by atoms with Gasteiger partial charge in [0.15, 0.2) is 6.61 Å². The van der Waals surface area contributed by atoms with Crippen molar-refractivity contribution in [2.45, 2.75) is 16.1 Å². The molecule has 1 aromatic heterocycles. The number of terminal acetylenes is 1. The predicted molar refractivity (Wildman–Crippen MR) is 83.6 cm³/mol. The second-order valence-corrected chi connectivity index (χ2v) is 5.46. The van der Waals surface area contributed by atoms with E-state index in [0.29, 0.717) is 4.90 Å². The van der Waals surface area contributed by atoms with Crippen LogP contribution < -0.4 is 5.32 Å². The van der Waals surface area contributed by atoms with Crippen LogP contribution in [0.15, 0.2) is 52.5 Å². The average Bonchev–Trinajstić information content (AvgIpc) is 2.54. The minimum atomic E-state index is -4.62. The first-order valence-electron chi connectivity index (χ1n) is 6.57. The molecule has 1 amide bonds. The Hall–Kier alpha value is -2.66. The van der Waals surface area contributed by atoms with E-state index in [1.807, 2.05) is 0 Å². The summed E-state index contributed by atoms with van der Waals surface area (Å²) >= 11 is 0.881. The molecule has 0 saturated heterocycles. The highest BCUT2D eigenvalue weighted by molar-refractivity contribution is 7.99. The van der Waals surface area contributed by atoms with Crippen LogP contribution >= 0.6 is 11.8 Å². The predicted octanol–water partition coefficient (Wildman–Crippen LogP) is 4.43.